The van der Waals surface area contributed by atoms with Crippen LogP contribution in [0.3, 0.4) is 0 Å². The number of nitrogens with zero attached hydrogens (tertiary/aromatic N) is 1. The quantitative estimate of drug-likeness (QED) is 0.706. The summed E-state index contributed by atoms with van der Waals surface area (Å²) in [7, 11) is 0. The van der Waals surface area contributed by atoms with Gasteiger partial charge in [-0.15, -0.1) is 0 Å². The summed E-state index contributed by atoms with van der Waals surface area (Å²) in [5.41, 5.74) is -0.679. The lowest BCUT2D eigenvalue weighted by Gasteiger charge is -2.49. The molecule has 2 aliphatic rings. The van der Waals surface area contributed by atoms with Crippen molar-refractivity contribution in [2.75, 3.05) is 32.8 Å². The summed E-state index contributed by atoms with van der Waals surface area (Å²) in [5.74, 6) is 0.281. The Hall–Kier alpha value is -0.650. The predicted octanol–water partition coefficient (Wildman–Crippen LogP) is -0.406. The Kier molecular flexibility index (Phi) is 3.70. The fourth-order valence-corrected chi connectivity index (χ4v) is 2.23. The van der Waals surface area contributed by atoms with E-state index in [0.717, 1.165) is 13.1 Å². The van der Waals surface area contributed by atoms with Gasteiger partial charge in [-0.1, -0.05) is 13.8 Å². The first-order chi connectivity index (χ1) is 8.01. The zero-order chi connectivity index (χ0) is 12.5. The molecule has 2 N–H and O–H groups in total. The molecule has 1 amide bonds. The number of morpholine rings is 1. The summed E-state index contributed by atoms with van der Waals surface area (Å²) in [6.07, 6.45) is 0.408. The van der Waals surface area contributed by atoms with Crippen LogP contribution in [0.25, 0.3) is 0 Å². The minimum Gasteiger partial charge on any atom is -0.386 e. The van der Waals surface area contributed by atoms with E-state index in [9.17, 15) is 9.90 Å². The van der Waals surface area contributed by atoms with Crippen molar-refractivity contribution < 1.29 is 14.6 Å². The Morgan fingerprint density at radius 2 is 2.29 bits per heavy atom. The smallest absolute Gasteiger partial charge is 0.225 e. The molecule has 5 heteroatoms. The molecule has 2 heterocycles. The van der Waals surface area contributed by atoms with Gasteiger partial charge in [-0.2, -0.15) is 0 Å². The highest BCUT2D eigenvalue weighted by molar-refractivity contribution is 5.78. The summed E-state index contributed by atoms with van der Waals surface area (Å²) >= 11 is 0. The molecule has 0 radical (unpaired) electrons. The number of hydrogen-bond donors (Lipinski definition) is 2. The van der Waals surface area contributed by atoms with E-state index in [1.54, 1.807) is 4.90 Å². The molecule has 17 heavy (non-hydrogen) atoms. The Balaban J connectivity index is 1.75. The van der Waals surface area contributed by atoms with Gasteiger partial charge in [-0.05, 0) is 5.92 Å². The average Bonchev–Trinajstić information content (AvgIpc) is 2.25. The van der Waals surface area contributed by atoms with E-state index in [1.165, 1.54) is 0 Å². The summed E-state index contributed by atoms with van der Waals surface area (Å²) < 4.78 is 5.49. The van der Waals surface area contributed by atoms with Crippen LogP contribution >= 0.6 is 0 Å². The monoisotopic (exact) mass is 242 g/mol. The third-order valence-corrected chi connectivity index (χ3v) is 3.76. The van der Waals surface area contributed by atoms with E-state index in [2.05, 4.69) is 5.32 Å². The molecule has 0 aromatic carbocycles. The molecular weight excluding hydrogens is 220 g/mol. The lowest BCUT2D eigenvalue weighted by molar-refractivity contribution is -0.166. The molecule has 0 saturated carbocycles. The number of nitrogens with one attached hydrogen (secondary N) is 1. The lowest BCUT2D eigenvalue weighted by atomic mass is 9.83. The summed E-state index contributed by atoms with van der Waals surface area (Å²) in [6.45, 7) is 7.17. The predicted molar refractivity (Wildman–Crippen MR) is 63.6 cm³/mol. The second kappa shape index (κ2) is 4.92. The molecule has 0 spiro atoms. The molecule has 0 aromatic rings. The van der Waals surface area contributed by atoms with Crippen molar-refractivity contribution >= 4 is 5.91 Å². The van der Waals surface area contributed by atoms with E-state index in [0.29, 0.717) is 26.1 Å². The number of hydrogen-bond acceptors (Lipinski definition) is 4. The average molecular weight is 242 g/mol. The van der Waals surface area contributed by atoms with Crippen molar-refractivity contribution in [1.82, 2.24) is 10.2 Å². The van der Waals surface area contributed by atoms with Crippen LogP contribution in [-0.4, -0.2) is 60.4 Å². The van der Waals surface area contributed by atoms with Gasteiger partial charge in [0, 0.05) is 13.1 Å². The zero-order valence-electron chi connectivity index (χ0n) is 10.6. The number of rotatable bonds is 3. The van der Waals surface area contributed by atoms with Crippen molar-refractivity contribution in [1.29, 1.82) is 0 Å². The van der Waals surface area contributed by atoms with Crippen molar-refractivity contribution in [3.63, 3.8) is 0 Å². The fraction of sp³-hybridized carbons (Fsp3) is 0.917. The number of likely N-dealkylation sites (tertiary alicyclic amines) is 1. The third kappa shape index (κ3) is 2.78. The summed E-state index contributed by atoms with van der Waals surface area (Å²) in [6, 6.07) is 0. The van der Waals surface area contributed by atoms with Gasteiger partial charge >= 0.3 is 0 Å². The lowest BCUT2D eigenvalue weighted by Crippen LogP contribution is -2.66. The Bertz CT molecular complexity index is 281. The van der Waals surface area contributed by atoms with Gasteiger partial charge < -0.3 is 20.1 Å². The van der Waals surface area contributed by atoms with E-state index in [4.69, 9.17) is 4.74 Å². The van der Waals surface area contributed by atoms with Crippen LogP contribution in [0.1, 0.15) is 20.3 Å². The molecule has 2 saturated heterocycles. The van der Waals surface area contributed by atoms with Crippen molar-refractivity contribution in [3.05, 3.63) is 0 Å². The first-order valence-corrected chi connectivity index (χ1v) is 6.34. The first-order valence-electron chi connectivity index (χ1n) is 6.34. The fourth-order valence-electron chi connectivity index (χ4n) is 2.23. The van der Waals surface area contributed by atoms with Crippen LogP contribution in [0.15, 0.2) is 0 Å². The summed E-state index contributed by atoms with van der Waals surface area (Å²) in [4.78, 5) is 13.6. The number of carbonyl (C=O) groups is 1. The van der Waals surface area contributed by atoms with Gasteiger partial charge in [0.15, 0.2) is 0 Å². The minimum atomic E-state index is -0.679. The molecule has 0 aromatic heterocycles. The maximum Gasteiger partial charge on any atom is 0.225 e. The third-order valence-electron chi connectivity index (χ3n) is 3.76. The molecule has 2 rings (SSSR count). The second-order valence-corrected chi connectivity index (χ2v) is 5.41. The molecule has 1 unspecified atom stereocenters. The molecule has 98 valence electrons. The van der Waals surface area contributed by atoms with Gasteiger partial charge in [0.05, 0.1) is 32.2 Å². The number of aliphatic hydroxyl groups is 1. The molecule has 2 fully saturated rings. The van der Waals surface area contributed by atoms with Gasteiger partial charge in [0.25, 0.3) is 0 Å². The molecule has 0 aliphatic carbocycles. The van der Waals surface area contributed by atoms with Crippen LogP contribution in [0.4, 0.5) is 0 Å². The zero-order valence-corrected chi connectivity index (χ0v) is 10.6. The molecular formula is C12H22N2O3. The second-order valence-electron chi connectivity index (χ2n) is 5.41. The largest absolute Gasteiger partial charge is 0.386 e. The highest BCUT2D eigenvalue weighted by atomic mass is 16.5. The van der Waals surface area contributed by atoms with E-state index < -0.39 is 5.60 Å². The number of ether oxygens (including phenoxy) is 1. The first kappa shape index (κ1) is 12.8. The highest BCUT2D eigenvalue weighted by Crippen LogP contribution is 2.29. The van der Waals surface area contributed by atoms with Gasteiger partial charge in [0.1, 0.15) is 5.60 Å². The number of β-amino-alcohol motifs (C(OH)–C–C–N with tert-alkyl or cyclic N) is 1. The van der Waals surface area contributed by atoms with Crippen LogP contribution in [0.2, 0.25) is 0 Å². The van der Waals surface area contributed by atoms with E-state index in [-0.39, 0.29) is 17.9 Å². The molecule has 5 nitrogen and oxygen atoms in total. The highest BCUT2D eigenvalue weighted by Gasteiger charge is 2.45. The maximum atomic E-state index is 11.9. The molecule has 2 aliphatic heterocycles. The van der Waals surface area contributed by atoms with Crippen LogP contribution in [-0.2, 0) is 9.53 Å². The van der Waals surface area contributed by atoms with E-state index >= 15 is 0 Å². The molecule has 1 atom stereocenters. The maximum absolute atomic E-state index is 11.9. The van der Waals surface area contributed by atoms with Crippen molar-refractivity contribution in [2.45, 2.75) is 32.0 Å². The van der Waals surface area contributed by atoms with Crippen molar-refractivity contribution in [3.8, 4) is 0 Å². The van der Waals surface area contributed by atoms with Crippen LogP contribution in [0, 0.1) is 5.92 Å². The normalized spacial score (nSPS) is 28.0. The topological polar surface area (TPSA) is 61.8 Å². The van der Waals surface area contributed by atoms with Crippen molar-refractivity contribution in [2.24, 2.45) is 5.92 Å². The number of amides is 1. The van der Waals surface area contributed by atoms with E-state index in [1.807, 2.05) is 13.8 Å². The Morgan fingerprint density at radius 1 is 1.59 bits per heavy atom. The summed E-state index contributed by atoms with van der Waals surface area (Å²) in [5, 5.41) is 13.3. The Morgan fingerprint density at radius 3 is 2.82 bits per heavy atom. The van der Waals surface area contributed by atoms with Crippen LogP contribution < -0.4 is 5.32 Å². The van der Waals surface area contributed by atoms with Gasteiger partial charge in [-0.25, -0.2) is 0 Å². The van der Waals surface area contributed by atoms with Gasteiger partial charge in [0.2, 0.25) is 5.91 Å². The minimum absolute atomic E-state index is 0.0102. The standard InChI is InChI=1S/C12H22N2O3/c1-9(2)12(16)7-14(8-12)11(15)5-10-6-13-3-4-17-10/h9-10,13,16H,3-8H2,1-2H3. The van der Waals surface area contributed by atoms with Crippen LogP contribution in [0.5, 0.6) is 0 Å². The Labute approximate surface area is 102 Å². The SMILES string of the molecule is CC(C)C1(O)CN(C(=O)CC2CNCCO2)C1. The van der Waals surface area contributed by atoms with Gasteiger partial charge in [-0.3, -0.25) is 4.79 Å². The number of carbonyl (C=O) groups excluding carboxylic acids is 1. The molecule has 0 bridgehead atoms.